The Labute approximate surface area is 159 Å². The van der Waals surface area contributed by atoms with E-state index in [2.05, 4.69) is 10.1 Å². The Morgan fingerprint density at radius 1 is 1.11 bits per heavy atom. The van der Waals surface area contributed by atoms with Crippen molar-refractivity contribution in [2.45, 2.75) is 13.5 Å². The van der Waals surface area contributed by atoms with E-state index in [0.717, 1.165) is 21.7 Å². The number of benzene rings is 2. The highest BCUT2D eigenvalue weighted by molar-refractivity contribution is 7.88. The van der Waals surface area contributed by atoms with Gasteiger partial charge in [-0.05, 0) is 36.8 Å². The molecule has 0 spiro atoms. The SMILES string of the molecule is COC(=O)c1ccc(NC(=O)CN(Cc2cccc(C)c2)S(C)(=O)=O)cc1. The Kier molecular flexibility index (Phi) is 6.70. The quantitative estimate of drug-likeness (QED) is 0.732. The third-order valence-electron chi connectivity index (χ3n) is 3.82. The minimum Gasteiger partial charge on any atom is -0.465 e. The lowest BCUT2D eigenvalue weighted by Crippen LogP contribution is -2.36. The van der Waals surface area contributed by atoms with Crippen LogP contribution in [-0.2, 0) is 26.1 Å². The number of sulfonamides is 1. The van der Waals surface area contributed by atoms with Gasteiger partial charge >= 0.3 is 5.97 Å². The van der Waals surface area contributed by atoms with Crippen LogP contribution in [0.5, 0.6) is 0 Å². The van der Waals surface area contributed by atoms with Crippen molar-refractivity contribution in [3.8, 4) is 0 Å². The zero-order valence-electron chi connectivity index (χ0n) is 15.4. The molecule has 27 heavy (non-hydrogen) atoms. The van der Waals surface area contributed by atoms with Crippen LogP contribution in [0.4, 0.5) is 5.69 Å². The fourth-order valence-corrected chi connectivity index (χ4v) is 3.21. The van der Waals surface area contributed by atoms with Crippen molar-refractivity contribution in [2.75, 3.05) is 25.2 Å². The van der Waals surface area contributed by atoms with Gasteiger partial charge in [-0.1, -0.05) is 29.8 Å². The van der Waals surface area contributed by atoms with Crippen LogP contribution in [-0.4, -0.2) is 44.5 Å². The van der Waals surface area contributed by atoms with Gasteiger partial charge in [0, 0.05) is 12.2 Å². The van der Waals surface area contributed by atoms with Gasteiger partial charge in [-0.3, -0.25) is 4.79 Å². The van der Waals surface area contributed by atoms with E-state index in [4.69, 9.17) is 0 Å². The first kappa shape index (κ1) is 20.6. The molecule has 0 unspecified atom stereocenters. The molecule has 0 fully saturated rings. The molecule has 0 bridgehead atoms. The molecule has 1 N–H and O–H groups in total. The summed E-state index contributed by atoms with van der Waals surface area (Å²) in [6, 6.07) is 13.6. The summed E-state index contributed by atoms with van der Waals surface area (Å²) in [5.41, 5.74) is 2.62. The normalized spacial score (nSPS) is 11.3. The van der Waals surface area contributed by atoms with Crippen molar-refractivity contribution in [1.29, 1.82) is 0 Å². The van der Waals surface area contributed by atoms with Gasteiger partial charge in [0.1, 0.15) is 0 Å². The van der Waals surface area contributed by atoms with E-state index in [0.29, 0.717) is 11.3 Å². The molecule has 0 heterocycles. The molecule has 0 atom stereocenters. The minimum absolute atomic E-state index is 0.106. The van der Waals surface area contributed by atoms with Crippen molar-refractivity contribution in [1.82, 2.24) is 4.31 Å². The summed E-state index contributed by atoms with van der Waals surface area (Å²) >= 11 is 0. The van der Waals surface area contributed by atoms with Crippen LogP contribution in [0, 0.1) is 6.92 Å². The number of methoxy groups -OCH3 is 1. The smallest absolute Gasteiger partial charge is 0.337 e. The Hall–Kier alpha value is -2.71. The van der Waals surface area contributed by atoms with Gasteiger partial charge in [0.05, 0.1) is 25.5 Å². The molecule has 0 radical (unpaired) electrons. The lowest BCUT2D eigenvalue weighted by Gasteiger charge is -2.20. The number of aryl methyl sites for hydroxylation is 1. The van der Waals surface area contributed by atoms with Gasteiger partial charge in [-0.25, -0.2) is 13.2 Å². The van der Waals surface area contributed by atoms with E-state index in [-0.39, 0.29) is 13.1 Å². The number of anilines is 1. The zero-order valence-corrected chi connectivity index (χ0v) is 16.2. The maximum Gasteiger partial charge on any atom is 0.337 e. The molecule has 0 saturated carbocycles. The second kappa shape index (κ2) is 8.79. The average molecular weight is 390 g/mol. The van der Waals surface area contributed by atoms with Crippen LogP contribution >= 0.6 is 0 Å². The second-order valence-electron chi connectivity index (χ2n) is 6.14. The molecule has 0 aliphatic heterocycles. The first-order chi connectivity index (χ1) is 12.7. The molecule has 0 aliphatic rings. The molecule has 2 rings (SSSR count). The predicted molar refractivity (Wildman–Crippen MR) is 103 cm³/mol. The lowest BCUT2D eigenvalue weighted by atomic mass is 10.1. The van der Waals surface area contributed by atoms with Crippen LogP contribution in [0.15, 0.2) is 48.5 Å². The molecular formula is C19H22N2O5S. The zero-order chi connectivity index (χ0) is 20.0. The summed E-state index contributed by atoms with van der Waals surface area (Å²) in [7, 11) is -2.29. The summed E-state index contributed by atoms with van der Waals surface area (Å²) in [6.45, 7) is 1.71. The highest BCUT2D eigenvalue weighted by Gasteiger charge is 2.20. The van der Waals surface area contributed by atoms with Crippen molar-refractivity contribution < 1.29 is 22.7 Å². The molecule has 1 amide bonds. The van der Waals surface area contributed by atoms with E-state index >= 15 is 0 Å². The number of hydrogen-bond acceptors (Lipinski definition) is 5. The molecule has 8 heteroatoms. The standard InChI is InChI=1S/C19H22N2O5S/c1-14-5-4-6-15(11-14)12-21(27(3,24)25)13-18(22)20-17-9-7-16(8-10-17)19(23)26-2/h4-11H,12-13H2,1-3H3,(H,20,22). The van der Waals surface area contributed by atoms with Crippen molar-refractivity contribution in [2.24, 2.45) is 0 Å². The van der Waals surface area contributed by atoms with Crippen LogP contribution in [0.1, 0.15) is 21.5 Å². The minimum atomic E-state index is -3.57. The molecule has 7 nitrogen and oxygen atoms in total. The molecular weight excluding hydrogens is 368 g/mol. The number of rotatable bonds is 7. The number of hydrogen-bond donors (Lipinski definition) is 1. The van der Waals surface area contributed by atoms with Crippen molar-refractivity contribution in [3.05, 3.63) is 65.2 Å². The Morgan fingerprint density at radius 2 is 1.78 bits per heavy atom. The Morgan fingerprint density at radius 3 is 2.33 bits per heavy atom. The molecule has 0 saturated heterocycles. The first-order valence-corrected chi connectivity index (χ1v) is 10.0. The summed E-state index contributed by atoms with van der Waals surface area (Å²) in [5.74, 6) is -0.951. The van der Waals surface area contributed by atoms with Gasteiger partial charge in [0.15, 0.2) is 0 Å². The predicted octanol–water partition coefficient (Wildman–Crippen LogP) is 2.18. The van der Waals surface area contributed by atoms with Gasteiger partial charge in [0.25, 0.3) is 0 Å². The van der Waals surface area contributed by atoms with Crippen molar-refractivity contribution >= 4 is 27.6 Å². The fraction of sp³-hybridized carbons (Fsp3) is 0.263. The summed E-state index contributed by atoms with van der Waals surface area (Å²) in [6.07, 6.45) is 1.07. The maximum atomic E-state index is 12.3. The van der Waals surface area contributed by atoms with Gasteiger partial charge < -0.3 is 10.1 Å². The number of nitrogens with one attached hydrogen (secondary N) is 1. The van der Waals surface area contributed by atoms with Crippen LogP contribution < -0.4 is 5.32 Å². The largest absolute Gasteiger partial charge is 0.465 e. The average Bonchev–Trinajstić information content (AvgIpc) is 2.60. The Balaban J connectivity index is 2.06. The number of amides is 1. The number of ether oxygens (including phenoxy) is 1. The number of carbonyl (C=O) groups is 2. The molecule has 0 aliphatic carbocycles. The summed E-state index contributed by atoms with van der Waals surface area (Å²) in [5, 5.41) is 2.63. The van der Waals surface area contributed by atoms with E-state index < -0.39 is 21.9 Å². The second-order valence-corrected chi connectivity index (χ2v) is 8.12. The van der Waals surface area contributed by atoms with E-state index in [1.807, 2.05) is 31.2 Å². The highest BCUT2D eigenvalue weighted by atomic mass is 32.2. The lowest BCUT2D eigenvalue weighted by molar-refractivity contribution is -0.116. The first-order valence-electron chi connectivity index (χ1n) is 8.18. The Bertz CT molecular complexity index is 923. The van der Waals surface area contributed by atoms with E-state index in [1.54, 1.807) is 12.1 Å². The summed E-state index contributed by atoms with van der Waals surface area (Å²) in [4.78, 5) is 23.7. The molecule has 2 aromatic rings. The monoisotopic (exact) mass is 390 g/mol. The topological polar surface area (TPSA) is 92.8 Å². The third kappa shape index (κ3) is 6.19. The molecule has 2 aromatic carbocycles. The number of nitrogens with zero attached hydrogens (tertiary/aromatic N) is 1. The molecule has 144 valence electrons. The third-order valence-corrected chi connectivity index (χ3v) is 5.02. The van der Waals surface area contributed by atoms with Crippen molar-refractivity contribution in [3.63, 3.8) is 0 Å². The van der Waals surface area contributed by atoms with Crippen LogP contribution in [0.2, 0.25) is 0 Å². The van der Waals surface area contributed by atoms with Gasteiger partial charge in [-0.15, -0.1) is 0 Å². The van der Waals surface area contributed by atoms with E-state index in [1.165, 1.54) is 19.2 Å². The number of esters is 1. The van der Waals surface area contributed by atoms with Crippen LogP contribution in [0.3, 0.4) is 0 Å². The fourth-order valence-electron chi connectivity index (χ4n) is 2.47. The van der Waals surface area contributed by atoms with Crippen LogP contribution in [0.25, 0.3) is 0 Å². The number of carbonyl (C=O) groups excluding carboxylic acids is 2. The van der Waals surface area contributed by atoms with Gasteiger partial charge in [0.2, 0.25) is 15.9 Å². The van der Waals surface area contributed by atoms with E-state index in [9.17, 15) is 18.0 Å². The highest BCUT2D eigenvalue weighted by Crippen LogP contribution is 2.13. The maximum absolute atomic E-state index is 12.3. The molecule has 0 aromatic heterocycles. The van der Waals surface area contributed by atoms with Gasteiger partial charge in [-0.2, -0.15) is 4.31 Å². The summed E-state index contributed by atoms with van der Waals surface area (Å²) < 4.78 is 29.8.